The van der Waals surface area contributed by atoms with Crippen molar-refractivity contribution in [3.8, 4) is 5.75 Å². The lowest BCUT2D eigenvalue weighted by molar-refractivity contribution is -0.140. The average molecular weight is 394 g/mol. The Kier molecular flexibility index (Phi) is 7.50. The lowest BCUT2D eigenvalue weighted by Crippen LogP contribution is -2.22. The number of nitrogens with one attached hydrogen (secondary N) is 1. The van der Waals surface area contributed by atoms with E-state index < -0.39 is 0 Å². The van der Waals surface area contributed by atoms with Gasteiger partial charge in [0.25, 0.3) is 0 Å². The number of aromatic nitrogens is 1. The SMILES string of the molecule is O=Cc1ccc(NC(=O)CCCc2cccc(OC(=O)C3CCCCC3)c2)cn1. The maximum absolute atomic E-state index is 12.3. The van der Waals surface area contributed by atoms with Crippen LogP contribution in [0.3, 0.4) is 0 Å². The Morgan fingerprint density at radius 2 is 1.97 bits per heavy atom. The van der Waals surface area contributed by atoms with Crippen molar-refractivity contribution in [3.05, 3.63) is 53.9 Å². The highest BCUT2D eigenvalue weighted by molar-refractivity contribution is 5.90. The molecule has 6 heteroatoms. The third-order valence-electron chi connectivity index (χ3n) is 5.12. The smallest absolute Gasteiger partial charge is 0.314 e. The lowest BCUT2D eigenvalue weighted by atomic mass is 9.89. The van der Waals surface area contributed by atoms with Crippen molar-refractivity contribution in [2.24, 2.45) is 5.92 Å². The third kappa shape index (κ3) is 6.52. The minimum atomic E-state index is -0.129. The summed E-state index contributed by atoms with van der Waals surface area (Å²) in [6.07, 6.45) is 9.10. The first-order valence-corrected chi connectivity index (χ1v) is 10.2. The van der Waals surface area contributed by atoms with Crippen molar-refractivity contribution in [2.45, 2.75) is 51.4 Å². The second-order valence-electron chi connectivity index (χ2n) is 7.39. The lowest BCUT2D eigenvalue weighted by Gasteiger charge is -2.19. The zero-order valence-corrected chi connectivity index (χ0v) is 16.4. The van der Waals surface area contributed by atoms with Crippen LogP contribution in [-0.2, 0) is 16.0 Å². The van der Waals surface area contributed by atoms with Crippen LogP contribution in [0.15, 0.2) is 42.6 Å². The highest BCUT2D eigenvalue weighted by Crippen LogP contribution is 2.26. The first-order chi connectivity index (χ1) is 14.1. The molecular formula is C23H26N2O4. The van der Waals surface area contributed by atoms with Gasteiger partial charge < -0.3 is 10.1 Å². The Balaban J connectivity index is 1.44. The van der Waals surface area contributed by atoms with Gasteiger partial charge in [-0.1, -0.05) is 31.4 Å². The summed E-state index contributed by atoms with van der Waals surface area (Å²) in [5.41, 5.74) is 1.92. The number of benzene rings is 1. The molecule has 1 saturated carbocycles. The molecule has 0 aliphatic heterocycles. The summed E-state index contributed by atoms with van der Waals surface area (Å²) in [5, 5.41) is 2.77. The molecule has 0 unspecified atom stereocenters. The second kappa shape index (κ2) is 10.5. The summed E-state index contributed by atoms with van der Waals surface area (Å²) >= 11 is 0. The molecule has 2 aromatic rings. The Bertz CT molecular complexity index is 842. The molecule has 1 N–H and O–H groups in total. The molecule has 1 aliphatic carbocycles. The number of hydrogen-bond acceptors (Lipinski definition) is 5. The number of nitrogens with zero attached hydrogens (tertiary/aromatic N) is 1. The van der Waals surface area contributed by atoms with E-state index >= 15 is 0 Å². The van der Waals surface area contributed by atoms with E-state index in [4.69, 9.17) is 4.74 Å². The molecule has 152 valence electrons. The fourth-order valence-corrected chi connectivity index (χ4v) is 3.53. The van der Waals surface area contributed by atoms with Crippen LogP contribution in [-0.4, -0.2) is 23.1 Å². The normalized spacial score (nSPS) is 14.2. The van der Waals surface area contributed by atoms with Crippen LogP contribution >= 0.6 is 0 Å². The molecule has 1 amide bonds. The van der Waals surface area contributed by atoms with E-state index in [1.165, 1.54) is 12.6 Å². The van der Waals surface area contributed by atoms with Crippen LogP contribution in [0.1, 0.15) is 61.0 Å². The standard InChI is InChI=1S/C23H26N2O4/c26-16-20-13-12-19(15-24-20)25-22(27)11-5-7-17-6-4-10-21(14-17)29-23(28)18-8-2-1-3-9-18/h4,6,10,12-16,18H,1-3,5,7-9,11H2,(H,25,27). The van der Waals surface area contributed by atoms with Gasteiger partial charge in [-0.25, -0.2) is 0 Å². The predicted octanol–water partition coefficient (Wildman–Crippen LogP) is 4.34. The van der Waals surface area contributed by atoms with Crippen LogP contribution in [0.25, 0.3) is 0 Å². The molecule has 3 rings (SSSR count). The molecule has 1 heterocycles. The summed E-state index contributed by atoms with van der Waals surface area (Å²) < 4.78 is 5.57. The van der Waals surface area contributed by atoms with Crippen molar-refractivity contribution in [1.82, 2.24) is 4.98 Å². The molecule has 6 nitrogen and oxygen atoms in total. The monoisotopic (exact) mass is 394 g/mol. The van der Waals surface area contributed by atoms with E-state index in [9.17, 15) is 14.4 Å². The summed E-state index contributed by atoms with van der Waals surface area (Å²) in [7, 11) is 0. The Labute approximate surface area is 170 Å². The number of aldehydes is 1. The second-order valence-corrected chi connectivity index (χ2v) is 7.39. The first-order valence-electron chi connectivity index (χ1n) is 10.2. The summed E-state index contributed by atoms with van der Waals surface area (Å²) in [6, 6.07) is 10.7. The van der Waals surface area contributed by atoms with Gasteiger partial charge in [0, 0.05) is 6.42 Å². The molecule has 0 atom stereocenters. The van der Waals surface area contributed by atoms with Gasteiger partial charge in [-0.2, -0.15) is 0 Å². The van der Waals surface area contributed by atoms with Gasteiger partial charge in [-0.15, -0.1) is 0 Å². The third-order valence-corrected chi connectivity index (χ3v) is 5.12. The largest absolute Gasteiger partial charge is 0.426 e. The minimum absolute atomic E-state index is 0.0196. The maximum Gasteiger partial charge on any atom is 0.314 e. The molecule has 0 saturated heterocycles. The zero-order valence-electron chi connectivity index (χ0n) is 16.4. The number of hydrogen-bond donors (Lipinski definition) is 1. The number of amides is 1. The molecule has 29 heavy (non-hydrogen) atoms. The Morgan fingerprint density at radius 1 is 1.14 bits per heavy atom. The van der Waals surface area contributed by atoms with E-state index in [2.05, 4.69) is 10.3 Å². The predicted molar refractivity (Wildman–Crippen MR) is 110 cm³/mol. The van der Waals surface area contributed by atoms with E-state index in [1.807, 2.05) is 18.2 Å². The van der Waals surface area contributed by atoms with E-state index in [1.54, 1.807) is 18.2 Å². The molecule has 1 fully saturated rings. The van der Waals surface area contributed by atoms with Crippen molar-refractivity contribution >= 4 is 23.9 Å². The van der Waals surface area contributed by atoms with Gasteiger partial charge in [-0.05, 0) is 55.5 Å². The number of carbonyl (C=O) groups excluding carboxylic acids is 3. The van der Waals surface area contributed by atoms with Crippen molar-refractivity contribution in [1.29, 1.82) is 0 Å². The quantitative estimate of drug-likeness (QED) is 0.409. The molecule has 0 spiro atoms. The van der Waals surface area contributed by atoms with E-state index in [0.717, 1.165) is 31.2 Å². The van der Waals surface area contributed by atoms with E-state index in [-0.39, 0.29) is 17.8 Å². The topological polar surface area (TPSA) is 85.4 Å². The van der Waals surface area contributed by atoms with Gasteiger partial charge in [0.15, 0.2) is 6.29 Å². The zero-order chi connectivity index (χ0) is 20.5. The summed E-state index contributed by atoms with van der Waals surface area (Å²) in [4.78, 5) is 38.9. The highest BCUT2D eigenvalue weighted by Gasteiger charge is 2.22. The number of carbonyl (C=O) groups is 3. The van der Waals surface area contributed by atoms with Gasteiger partial charge in [0.2, 0.25) is 5.91 Å². The van der Waals surface area contributed by atoms with Crippen LogP contribution in [0.2, 0.25) is 0 Å². The number of ether oxygens (including phenoxy) is 1. The number of esters is 1. The summed E-state index contributed by atoms with van der Waals surface area (Å²) in [6.45, 7) is 0. The number of anilines is 1. The van der Waals surface area contributed by atoms with Crippen molar-refractivity contribution in [3.63, 3.8) is 0 Å². The van der Waals surface area contributed by atoms with Gasteiger partial charge in [0.1, 0.15) is 11.4 Å². The molecule has 1 aliphatic rings. The maximum atomic E-state index is 12.3. The average Bonchev–Trinajstić information content (AvgIpc) is 2.75. The molecule has 0 bridgehead atoms. The van der Waals surface area contributed by atoms with Gasteiger partial charge in [-0.3, -0.25) is 19.4 Å². The van der Waals surface area contributed by atoms with Crippen molar-refractivity contribution in [2.75, 3.05) is 5.32 Å². The minimum Gasteiger partial charge on any atom is -0.426 e. The van der Waals surface area contributed by atoms with E-state index in [0.29, 0.717) is 42.7 Å². The van der Waals surface area contributed by atoms with Gasteiger partial charge in [0.05, 0.1) is 17.8 Å². The fourth-order valence-electron chi connectivity index (χ4n) is 3.53. The number of aryl methyl sites for hydroxylation is 1. The van der Waals surface area contributed by atoms with Crippen LogP contribution in [0.4, 0.5) is 5.69 Å². The van der Waals surface area contributed by atoms with Crippen LogP contribution in [0.5, 0.6) is 5.75 Å². The Hall–Kier alpha value is -3.02. The highest BCUT2D eigenvalue weighted by atomic mass is 16.5. The van der Waals surface area contributed by atoms with Gasteiger partial charge >= 0.3 is 5.97 Å². The van der Waals surface area contributed by atoms with Crippen LogP contribution < -0.4 is 10.1 Å². The molecule has 0 radical (unpaired) electrons. The number of rotatable bonds is 8. The molecule has 1 aromatic carbocycles. The first kappa shape index (κ1) is 20.7. The van der Waals surface area contributed by atoms with Crippen molar-refractivity contribution < 1.29 is 19.1 Å². The number of pyridine rings is 1. The molecular weight excluding hydrogens is 368 g/mol. The Morgan fingerprint density at radius 3 is 2.69 bits per heavy atom. The fraction of sp³-hybridized carbons (Fsp3) is 0.391. The molecule has 1 aromatic heterocycles. The van der Waals surface area contributed by atoms with Crippen LogP contribution in [0, 0.1) is 5.92 Å². The summed E-state index contributed by atoms with van der Waals surface area (Å²) in [5.74, 6) is 0.357.